The first-order chi connectivity index (χ1) is 7.90. The average Bonchev–Trinajstić information content (AvgIpc) is 2.79. The van der Waals surface area contributed by atoms with Gasteiger partial charge in [-0.1, -0.05) is 24.1 Å². The quantitative estimate of drug-likeness (QED) is 0.607. The van der Waals surface area contributed by atoms with Gasteiger partial charge in [0, 0.05) is 6.54 Å². The van der Waals surface area contributed by atoms with Gasteiger partial charge in [-0.25, -0.2) is 0 Å². The van der Waals surface area contributed by atoms with E-state index in [1.165, 1.54) is 0 Å². The van der Waals surface area contributed by atoms with Gasteiger partial charge >= 0.3 is 0 Å². The van der Waals surface area contributed by atoms with E-state index in [9.17, 15) is 0 Å². The Kier molecular flexibility index (Phi) is 3.31. The van der Waals surface area contributed by atoms with E-state index in [0.29, 0.717) is 13.1 Å². The molecule has 0 fully saturated rings. The lowest BCUT2D eigenvalue weighted by atomic mass is 10.3. The first kappa shape index (κ1) is 10.4. The standard InChI is InChI=1S/C12H12N4/c1-2-8-13-9-11-10-14-16(15-11)12-6-4-3-5-7-12/h1,3-7,10,13H,8-9H2. The summed E-state index contributed by atoms with van der Waals surface area (Å²) in [4.78, 5) is 1.60. The Hall–Kier alpha value is -2.12. The molecule has 0 bridgehead atoms. The molecule has 0 aliphatic heterocycles. The van der Waals surface area contributed by atoms with E-state index in [2.05, 4.69) is 21.4 Å². The van der Waals surface area contributed by atoms with Gasteiger partial charge in [-0.3, -0.25) is 0 Å². The topological polar surface area (TPSA) is 42.7 Å². The predicted octanol–water partition coefficient (Wildman–Crippen LogP) is 0.990. The minimum absolute atomic E-state index is 0.540. The molecule has 0 spiro atoms. The number of hydrogen-bond donors (Lipinski definition) is 1. The molecule has 2 aromatic rings. The maximum atomic E-state index is 5.14. The molecule has 2 rings (SSSR count). The van der Waals surface area contributed by atoms with Crippen LogP contribution in [0.2, 0.25) is 0 Å². The lowest BCUT2D eigenvalue weighted by Gasteiger charge is -1.98. The molecular weight excluding hydrogens is 200 g/mol. The number of terminal acetylenes is 1. The van der Waals surface area contributed by atoms with Gasteiger partial charge in [0.1, 0.15) is 0 Å². The monoisotopic (exact) mass is 212 g/mol. The van der Waals surface area contributed by atoms with Crippen molar-refractivity contribution in [3.05, 3.63) is 42.2 Å². The molecule has 0 aliphatic rings. The van der Waals surface area contributed by atoms with E-state index >= 15 is 0 Å². The molecule has 16 heavy (non-hydrogen) atoms. The summed E-state index contributed by atoms with van der Waals surface area (Å²) in [6.45, 7) is 1.18. The van der Waals surface area contributed by atoms with Crippen LogP contribution in [0.25, 0.3) is 5.69 Å². The number of hydrogen-bond acceptors (Lipinski definition) is 3. The van der Waals surface area contributed by atoms with E-state index in [1.54, 1.807) is 11.0 Å². The maximum absolute atomic E-state index is 5.14. The van der Waals surface area contributed by atoms with Gasteiger partial charge in [0.05, 0.1) is 24.1 Å². The number of nitrogens with zero attached hydrogens (tertiary/aromatic N) is 3. The molecule has 0 radical (unpaired) electrons. The molecule has 1 N–H and O–H groups in total. The molecule has 0 saturated carbocycles. The zero-order valence-electron chi connectivity index (χ0n) is 8.80. The highest BCUT2D eigenvalue weighted by Gasteiger charge is 2.01. The molecule has 0 unspecified atom stereocenters. The largest absolute Gasteiger partial charge is 0.300 e. The van der Waals surface area contributed by atoms with Crippen molar-refractivity contribution >= 4 is 0 Å². The zero-order valence-corrected chi connectivity index (χ0v) is 8.80. The van der Waals surface area contributed by atoms with E-state index in [0.717, 1.165) is 11.4 Å². The summed E-state index contributed by atoms with van der Waals surface area (Å²) in [6, 6.07) is 9.78. The number of nitrogens with one attached hydrogen (secondary N) is 1. The van der Waals surface area contributed by atoms with Crippen molar-refractivity contribution in [2.45, 2.75) is 6.54 Å². The minimum atomic E-state index is 0.540. The molecule has 4 heteroatoms. The summed E-state index contributed by atoms with van der Waals surface area (Å²) in [5.74, 6) is 2.51. The second-order valence-corrected chi connectivity index (χ2v) is 3.27. The third kappa shape index (κ3) is 2.47. The fourth-order valence-corrected chi connectivity index (χ4v) is 1.32. The summed E-state index contributed by atoms with van der Waals surface area (Å²) in [5, 5.41) is 11.6. The highest BCUT2D eigenvalue weighted by molar-refractivity contribution is 5.28. The van der Waals surface area contributed by atoms with Crippen LogP contribution in [0.1, 0.15) is 5.69 Å². The summed E-state index contributed by atoms with van der Waals surface area (Å²) in [6.07, 6.45) is 6.87. The summed E-state index contributed by atoms with van der Waals surface area (Å²) in [7, 11) is 0. The Bertz CT molecular complexity index is 481. The van der Waals surface area contributed by atoms with Crippen molar-refractivity contribution < 1.29 is 0 Å². The van der Waals surface area contributed by atoms with Gasteiger partial charge in [-0.05, 0) is 12.1 Å². The Morgan fingerprint density at radius 3 is 2.88 bits per heavy atom. The molecule has 1 aromatic carbocycles. The van der Waals surface area contributed by atoms with E-state index < -0.39 is 0 Å². The normalized spacial score (nSPS) is 9.94. The number of para-hydroxylation sites is 1. The van der Waals surface area contributed by atoms with Crippen LogP contribution in [-0.2, 0) is 6.54 Å². The Morgan fingerprint density at radius 2 is 2.12 bits per heavy atom. The second kappa shape index (κ2) is 5.10. The van der Waals surface area contributed by atoms with Crippen molar-refractivity contribution in [1.29, 1.82) is 0 Å². The van der Waals surface area contributed by atoms with Crippen molar-refractivity contribution in [2.75, 3.05) is 6.54 Å². The molecular formula is C12H12N4. The van der Waals surface area contributed by atoms with E-state index in [1.807, 2.05) is 30.3 Å². The molecule has 0 saturated heterocycles. The summed E-state index contributed by atoms with van der Waals surface area (Å²) >= 11 is 0. The third-order valence-corrected chi connectivity index (χ3v) is 2.06. The third-order valence-electron chi connectivity index (χ3n) is 2.06. The van der Waals surface area contributed by atoms with Crippen molar-refractivity contribution in [3.8, 4) is 18.0 Å². The van der Waals surface area contributed by atoms with Crippen molar-refractivity contribution in [2.24, 2.45) is 0 Å². The Labute approximate surface area is 94.3 Å². The van der Waals surface area contributed by atoms with Crippen LogP contribution >= 0.6 is 0 Å². The van der Waals surface area contributed by atoms with Gasteiger partial charge in [0.2, 0.25) is 0 Å². The van der Waals surface area contributed by atoms with Gasteiger partial charge < -0.3 is 5.32 Å². The van der Waals surface area contributed by atoms with Gasteiger partial charge in [0.25, 0.3) is 0 Å². The smallest absolute Gasteiger partial charge is 0.0969 e. The van der Waals surface area contributed by atoms with Gasteiger partial charge in [-0.2, -0.15) is 15.0 Å². The average molecular weight is 212 g/mol. The second-order valence-electron chi connectivity index (χ2n) is 3.27. The molecule has 1 aromatic heterocycles. The molecule has 4 nitrogen and oxygen atoms in total. The lowest BCUT2D eigenvalue weighted by molar-refractivity contribution is 0.703. The zero-order chi connectivity index (χ0) is 11.2. The molecule has 1 heterocycles. The van der Waals surface area contributed by atoms with Crippen LogP contribution in [-0.4, -0.2) is 21.5 Å². The molecule has 0 atom stereocenters. The van der Waals surface area contributed by atoms with Crippen LogP contribution in [0.4, 0.5) is 0 Å². The van der Waals surface area contributed by atoms with Crippen LogP contribution in [0.15, 0.2) is 36.5 Å². The number of aromatic nitrogens is 3. The Morgan fingerprint density at radius 1 is 1.31 bits per heavy atom. The molecule has 0 amide bonds. The maximum Gasteiger partial charge on any atom is 0.0969 e. The van der Waals surface area contributed by atoms with Crippen LogP contribution in [0, 0.1) is 12.3 Å². The predicted molar refractivity (Wildman–Crippen MR) is 61.9 cm³/mol. The van der Waals surface area contributed by atoms with E-state index in [-0.39, 0.29) is 0 Å². The fourth-order valence-electron chi connectivity index (χ4n) is 1.32. The SMILES string of the molecule is C#CCNCc1cnn(-c2ccccc2)n1. The van der Waals surface area contributed by atoms with Crippen LogP contribution in [0.3, 0.4) is 0 Å². The summed E-state index contributed by atoms with van der Waals surface area (Å²) in [5.41, 5.74) is 1.82. The number of benzene rings is 1. The number of rotatable bonds is 4. The molecule has 80 valence electrons. The first-order valence-corrected chi connectivity index (χ1v) is 5.01. The lowest BCUT2D eigenvalue weighted by Crippen LogP contribution is -2.13. The summed E-state index contributed by atoms with van der Waals surface area (Å²) < 4.78 is 0. The Balaban J connectivity index is 2.06. The minimum Gasteiger partial charge on any atom is -0.300 e. The fraction of sp³-hybridized carbons (Fsp3) is 0.167. The van der Waals surface area contributed by atoms with Crippen molar-refractivity contribution in [3.63, 3.8) is 0 Å². The van der Waals surface area contributed by atoms with Crippen LogP contribution in [0.5, 0.6) is 0 Å². The van der Waals surface area contributed by atoms with Gasteiger partial charge in [0.15, 0.2) is 0 Å². The highest BCUT2D eigenvalue weighted by atomic mass is 15.5. The highest BCUT2D eigenvalue weighted by Crippen LogP contribution is 2.03. The van der Waals surface area contributed by atoms with E-state index in [4.69, 9.17) is 6.42 Å². The first-order valence-electron chi connectivity index (χ1n) is 5.01. The van der Waals surface area contributed by atoms with Gasteiger partial charge in [-0.15, -0.1) is 6.42 Å². The molecule has 0 aliphatic carbocycles. The van der Waals surface area contributed by atoms with Crippen LogP contribution < -0.4 is 5.32 Å². The van der Waals surface area contributed by atoms with Crippen molar-refractivity contribution in [1.82, 2.24) is 20.3 Å².